The molecule has 0 aliphatic rings. The van der Waals surface area contributed by atoms with Crippen molar-refractivity contribution >= 4 is 33.2 Å². The highest BCUT2D eigenvalue weighted by Gasteiger charge is 2.21. The molecule has 0 amide bonds. The topological polar surface area (TPSA) is 104 Å². The van der Waals surface area contributed by atoms with Crippen LogP contribution in [0.4, 0.5) is 5.69 Å². The molecule has 0 N–H and O–H groups in total. The van der Waals surface area contributed by atoms with Crippen molar-refractivity contribution < 1.29 is 14.5 Å². The quantitative estimate of drug-likeness (QED) is 0.477. The first-order valence-corrected chi connectivity index (χ1v) is 6.62. The Morgan fingerprint density at radius 3 is 2.90 bits per heavy atom. The van der Waals surface area contributed by atoms with Gasteiger partial charge in [0.25, 0.3) is 5.56 Å². The van der Waals surface area contributed by atoms with E-state index in [1.807, 2.05) is 0 Å². The molecule has 0 spiro atoms. The lowest BCUT2D eigenvalue weighted by atomic mass is 10.4. The Morgan fingerprint density at radius 2 is 2.30 bits per heavy atom. The molecule has 0 saturated carbocycles. The van der Waals surface area contributed by atoms with E-state index in [0.717, 1.165) is 15.9 Å². The number of aromatic nitrogens is 2. The zero-order valence-corrected chi connectivity index (χ0v) is 11.6. The van der Waals surface area contributed by atoms with Gasteiger partial charge in [-0.25, -0.2) is 4.98 Å². The maximum atomic E-state index is 12.2. The van der Waals surface area contributed by atoms with Crippen LogP contribution in [-0.2, 0) is 16.1 Å². The summed E-state index contributed by atoms with van der Waals surface area (Å²) >= 11 is 0.943. The van der Waals surface area contributed by atoms with Crippen LogP contribution in [0.5, 0.6) is 0 Å². The van der Waals surface area contributed by atoms with Crippen LogP contribution in [0.3, 0.4) is 0 Å². The molecule has 0 fully saturated rings. The van der Waals surface area contributed by atoms with Gasteiger partial charge in [-0.15, -0.1) is 11.3 Å². The van der Waals surface area contributed by atoms with E-state index in [1.165, 1.54) is 12.3 Å². The summed E-state index contributed by atoms with van der Waals surface area (Å²) in [6, 6.07) is 0. The number of carbonyl (C=O) groups excluding carboxylic acids is 1. The maximum Gasteiger partial charge on any atom is 0.326 e. The Labute approximate surface area is 116 Å². The van der Waals surface area contributed by atoms with E-state index in [2.05, 4.69) is 4.98 Å². The molecule has 0 unspecified atom stereocenters. The minimum atomic E-state index is -0.583. The molecule has 0 saturated heterocycles. The van der Waals surface area contributed by atoms with Crippen LogP contribution in [0.15, 0.2) is 10.2 Å². The molecule has 2 heterocycles. The number of fused-ring (bicyclic) bond motifs is 1. The molecule has 106 valence electrons. The van der Waals surface area contributed by atoms with Crippen LogP contribution < -0.4 is 5.56 Å². The van der Waals surface area contributed by atoms with Gasteiger partial charge < -0.3 is 4.74 Å². The van der Waals surface area contributed by atoms with Gasteiger partial charge in [0, 0.05) is 0 Å². The zero-order valence-electron chi connectivity index (χ0n) is 10.8. The summed E-state index contributed by atoms with van der Waals surface area (Å²) in [6.45, 7) is 3.14. The average molecular weight is 297 g/mol. The monoisotopic (exact) mass is 297 g/mol. The van der Waals surface area contributed by atoms with Crippen LogP contribution in [0.25, 0.3) is 10.2 Å². The van der Waals surface area contributed by atoms with E-state index in [4.69, 9.17) is 4.74 Å². The van der Waals surface area contributed by atoms with E-state index >= 15 is 0 Å². The summed E-state index contributed by atoms with van der Waals surface area (Å²) in [4.78, 5) is 38.0. The van der Waals surface area contributed by atoms with Gasteiger partial charge in [0.2, 0.25) is 0 Å². The van der Waals surface area contributed by atoms with Crippen molar-refractivity contribution in [2.45, 2.75) is 20.4 Å². The minimum Gasteiger partial charge on any atom is -0.465 e. The number of carbonyl (C=O) groups is 1. The first-order chi connectivity index (χ1) is 9.45. The fourth-order valence-corrected chi connectivity index (χ4v) is 2.65. The Bertz CT molecular complexity index is 748. The molecule has 0 atom stereocenters. The van der Waals surface area contributed by atoms with Crippen molar-refractivity contribution in [1.29, 1.82) is 0 Å². The highest BCUT2D eigenvalue weighted by atomic mass is 32.1. The van der Waals surface area contributed by atoms with Crippen molar-refractivity contribution in [1.82, 2.24) is 9.55 Å². The van der Waals surface area contributed by atoms with Crippen molar-refractivity contribution in [2.24, 2.45) is 0 Å². The predicted octanol–water partition coefficient (Wildman–Crippen LogP) is 1.24. The lowest BCUT2D eigenvalue weighted by molar-refractivity contribution is -0.382. The predicted molar refractivity (Wildman–Crippen MR) is 71.9 cm³/mol. The van der Waals surface area contributed by atoms with Crippen LogP contribution in [0, 0.1) is 17.0 Å². The summed E-state index contributed by atoms with van der Waals surface area (Å²) in [5.74, 6) is -0.318. The lowest BCUT2D eigenvalue weighted by Crippen LogP contribution is -2.27. The van der Waals surface area contributed by atoms with Crippen molar-refractivity contribution in [2.75, 3.05) is 6.61 Å². The maximum absolute atomic E-state index is 12.2. The number of hydrogen-bond donors (Lipinski definition) is 0. The molecule has 2 aromatic heterocycles. The Morgan fingerprint density at radius 1 is 1.60 bits per heavy atom. The van der Waals surface area contributed by atoms with Gasteiger partial charge in [-0.1, -0.05) is 0 Å². The van der Waals surface area contributed by atoms with E-state index in [9.17, 15) is 19.7 Å². The lowest BCUT2D eigenvalue weighted by Gasteiger charge is -2.08. The smallest absolute Gasteiger partial charge is 0.326 e. The molecule has 2 rings (SSSR count). The number of rotatable bonds is 4. The van der Waals surface area contributed by atoms with E-state index < -0.39 is 16.5 Å². The Hall–Kier alpha value is -2.29. The molecule has 0 aromatic carbocycles. The first kappa shape index (κ1) is 14.1. The van der Waals surface area contributed by atoms with Gasteiger partial charge >= 0.3 is 11.7 Å². The molecule has 0 aliphatic carbocycles. The molecule has 8 nitrogen and oxygen atoms in total. The normalized spacial score (nSPS) is 10.7. The molecular weight excluding hydrogens is 286 g/mol. The number of aryl methyl sites for hydroxylation is 1. The summed E-state index contributed by atoms with van der Waals surface area (Å²) in [5, 5.41) is 12.1. The second kappa shape index (κ2) is 5.37. The fourth-order valence-electron chi connectivity index (χ4n) is 1.75. The van der Waals surface area contributed by atoms with Crippen molar-refractivity contribution in [3.8, 4) is 0 Å². The van der Waals surface area contributed by atoms with Gasteiger partial charge in [0.05, 0.1) is 16.9 Å². The third-order valence-electron chi connectivity index (χ3n) is 2.64. The molecule has 9 heteroatoms. The molecule has 0 aliphatic heterocycles. The number of ether oxygens (including phenoxy) is 1. The number of nitro groups is 1. The van der Waals surface area contributed by atoms with E-state index in [1.54, 1.807) is 6.92 Å². The average Bonchev–Trinajstić information content (AvgIpc) is 2.78. The molecule has 20 heavy (non-hydrogen) atoms. The SMILES string of the molecule is CCOC(=O)Cn1c(C)nc2c([N+](=O)[O-])csc2c1=O. The second-order valence-electron chi connectivity index (χ2n) is 3.91. The minimum absolute atomic E-state index is 0.0580. The zero-order chi connectivity index (χ0) is 14.9. The molecule has 0 bridgehead atoms. The third kappa shape index (κ3) is 2.39. The van der Waals surface area contributed by atoms with E-state index in [-0.39, 0.29) is 34.9 Å². The highest BCUT2D eigenvalue weighted by molar-refractivity contribution is 7.17. The standard InChI is InChI=1S/C11H11N3O5S/c1-3-19-8(15)4-13-6(2)12-9-7(14(17)18)5-20-10(9)11(13)16/h5H,3-4H2,1-2H3. The van der Waals surface area contributed by atoms with Crippen LogP contribution >= 0.6 is 11.3 Å². The van der Waals surface area contributed by atoms with Gasteiger partial charge in [-0.2, -0.15) is 0 Å². The van der Waals surface area contributed by atoms with E-state index in [0.29, 0.717) is 0 Å². The van der Waals surface area contributed by atoms with Crippen LogP contribution in [-0.4, -0.2) is 27.1 Å². The van der Waals surface area contributed by atoms with Crippen molar-refractivity contribution in [3.63, 3.8) is 0 Å². The second-order valence-corrected chi connectivity index (χ2v) is 4.79. The van der Waals surface area contributed by atoms with Gasteiger partial charge in [0.15, 0.2) is 5.52 Å². The molecule has 0 radical (unpaired) electrons. The largest absolute Gasteiger partial charge is 0.465 e. The number of hydrogen-bond acceptors (Lipinski definition) is 7. The summed E-state index contributed by atoms with van der Waals surface area (Å²) in [7, 11) is 0. The Balaban J connectivity index is 2.56. The summed E-state index contributed by atoms with van der Waals surface area (Å²) in [6.07, 6.45) is 0. The van der Waals surface area contributed by atoms with Crippen LogP contribution in [0.2, 0.25) is 0 Å². The number of thiophene rings is 1. The summed E-state index contributed by atoms with van der Waals surface area (Å²) in [5.41, 5.74) is -0.616. The van der Waals surface area contributed by atoms with Gasteiger partial charge in [0.1, 0.15) is 17.1 Å². The summed E-state index contributed by atoms with van der Waals surface area (Å²) < 4.78 is 6.09. The highest BCUT2D eigenvalue weighted by Crippen LogP contribution is 2.27. The van der Waals surface area contributed by atoms with Crippen LogP contribution in [0.1, 0.15) is 12.7 Å². The molecule has 2 aromatic rings. The number of esters is 1. The fraction of sp³-hybridized carbons (Fsp3) is 0.364. The van der Waals surface area contributed by atoms with Gasteiger partial charge in [-0.05, 0) is 13.8 Å². The van der Waals surface area contributed by atoms with Gasteiger partial charge in [-0.3, -0.25) is 24.3 Å². The first-order valence-electron chi connectivity index (χ1n) is 5.74. The van der Waals surface area contributed by atoms with Crippen molar-refractivity contribution in [3.05, 3.63) is 31.7 Å². The molecular formula is C11H11N3O5S. The number of nitrogens with zero attached hydrogens (tertiary/aromatic N) is 3. The third-order valence-corrected chi connectivity index (χ3v) is 3.58. The Kier molecular flexibility index (Phi) is 3.79.